The Hall–Kier alpha value is -5.52. The first kappa shape index (κ1) is 36.8. The summed E-state index contributed by atoms with van der Waals surface area (Å²) in [7, 11) is 2.68. The Balaban J connectivity index is 1.42. The number of esters is 1. The first-order chi connectivity index (χ1) is 24.0. The van der Waals surface area contributed by atoms with Gasteiger partial charge in [0.05, 0.1) is 36.2 Å². The van der Waals surface area contributed by atoms with E-state index in [0.717, 1.165) is 11.8 Å². The number of alkyl halides is 3. The van der Waals surface area contributed by atoms with Crippen LogP contribution >= 0.6 is 0 Å². The summed E-state index contributed by atoms with van der Waals surface area (Å²) < 4.78 is 86.4. The van der Waals surface area contributed by atoms with Gasteiger partial charge >= 0.3 is 24.3 Å². The molecule has 2 aromatic heterocycles. The van der Waals surface area contributed by atoms with Gasteiger partial charge in [-0.15, -0.1) is 10.2 Å². The number of urea groups is 1. The molecular weight excluding hydrogens is 685 g/mol. The lowest BCUT2D eigenvalue weighted by Gasteiger charge is -2.34. The van der Waals surface area contributed by atoms with Crippen LogP contribution in [0.1, 0.15) is 49.4 Å². The molecule has 18 heteroatoms. The van der Waals surface area contributed by atoms with E-state index >= 15 is 4.39 Å². The molecule has 0 bridgehead atoms. The number of benzene rings is 2. The third-order valence-electron chi connectivity index (χ3n) is 8.42. The van der Waals surface area contributed by atoms with Crippen LogP contribution in [0, 0.1) is 11.6 Å². The number of hydrogen-bond donors (Lipinski definition) is 3. The van der Waals surface area contributed by atoms with Crippen LogP contribution in [0.15, 0.2) is 42.7 Å². The van der Waals surface area contributed by atoms with Crippen molar-refractivity contribution in [1.82, 2.24) is 19.5 Å². The van der Waals surface area contributed by atoms with Crippen molar-refractivity contribution in [3.63, 3.8) is 0 Å². The van der Waals surface area contributed by atoms with E-state index in [0.29, 0.717) is 53.2 Å². The van der Waals surface area contributed by atoms with Gasteiger partial charge in [0.1, 0.15) is 18.0 Å². The van der Waals surface area contributed by atoms with Gasteiger partial charge in [0.25, 0.3) is 0 Å². The molecule has 0 aliphatic carbocycles. The number of nitrogens with one attached hydrogen (secondary N) is 2. The molecule has 1 saturated heterocycles. The predicted molar refractivity (Wildman–Crippen MR) is 174 cm³/mol. The summed E-state index contributed by atoms with van der Waals surface area (Å²) in [5.41, 5.74) is 5.15. The molecule has 3 amide bonds. The number of anilines is 3. The third-order valence-corrected chi connectivity index (χ3v) is 8.42. The lowest BCUT2D eigenvalue weighted by atomic mass is 9.89. The molecule has 5 rings (SSSR count). The van der Waals surface area contributed by atoms with Gasteiger partial charge in [-0.3, -0.25) is 4.40 Å². The fourth-order valence-electron chi connectivity index (χ4n) is 6.01. The number of halogens is 5. The highest BCUT2D eigenvalue weighted by molar-refractivity contribution is 6.00. The molecule has 0 saturated carbocycles. The second kappa shape index (κ2) is 14.4. The average Bonchev–Trinajstić information content (AvgIpc) is 3.40. The van der Waals surface area contributed by atoms with Crippen LogP contribution in [0.3, 0.4) is 0 Å². The van der Waals surface area contributed by atoms with Gasteiger partial charge < -0.3 is 35.5 Å². The van der Waals surface area contributed by atoms with Crippen LogP contribution in [0.4, 0.5) is 48.7 Å². The number of nitrogens with two attached hydrogens (primary N) is 1. The van der Waals surface area contributed by atoms with Crippen molar-refractivity contribution >= 4 is 40.8 Å². The standard InChI is InChI=1S/C33H34F5N7O6/c1-32(2,29(46)50-4)51-31(48)44-11-9-17(10-12-44)26-20(15-49-3)25(27-28(39)43-40-16-45(26)27)18-5-8-23(22(35)13-18)41-30(47)42-24-14-19(33(36,37)38)6-7-21(24)34/h5-8,13-14,16-17H,9-12,15H2,1-4H3,(H2,39,43)(H2,41,42,47). The van der Waals surface area contributed by atoms with E-state index in [1.54, 1.807) is 4.40 Å². The molecule has 2 aromatic carbocycles. The molecule has 0 spiro atoms. The fourth-order valence-corrected chi connectivity index (χ4v) is 6.01. The zero-order chi connectivity index (χ0) is 37.2. The van der Waals surface area contributed by atoms with Crippen molar-refractivity contribution in [2.24, 2.45) is 0 Å². The van der Waals surface area contributed by atoms with Gasteiger partial charge in [0.15, 0.2) is 5.82 Å². The van der Waals surface area contributed by atoms with E-state index in [2.05, 4.69) is 15.5 Å². The largest absolute Gasteiger partial charge is 0.466 e. The van der Waals surface area contributed by atoms with Crippen molar-refractivity contribution in [2.45, 2.75) is 51.0 Å². The molecule has 1 aliphatic rings. The molecule has 272 valence electrons. The highest BCUT2D eigenvalue weighted by Crippen LogP contribution is 2.42. The van der Waals surface area contributed by atoms with Gasteiger partial charge in [0, 0.05) is 42.9 Å². The van der Waals surface area contributed by atoms with Crippen LogP contribution in [0.25, 0.3) is 16.6 Å². The van der Waals surface area contributed by atoms with E-state index in [4.69, 9.17) is 19.9 Å². The second-order valence-electron chi connectivity index (χ2n) is 12.2. The van der Waals surface area contributed by atoms with Gasteiger partial charge in [0.2, 0.25) is 5.60 Å². The topological polar surface area (TPSA) is 162 Å². The van der Waals surface area contributed by atoms with E-state index in [1.807, 2.05) is 5.32 Å². The summed E-state index contributed by atoms with van der Waals surface area (Å²) in [6.07, 6.45) is -3.05. The number of ether oxygens (including phenoxy) is 3. The second-order valence-corrected chi connectivity index (χ2v) is 12.2. The number of nitrogens with zero attached hydrogens (tertiary/aromatic N) is 4. The molecule has 51 heavy (non-hydrogen) atoms. The van der Waals surface area contributed by atoms with E-state index in [9.17, 15) is 31.9 Å². The Bertz CT molecular complexity index is 1980. The number of fused-ring (bicyclic) bond motifs is 1. The number of aromatic nitrogens is 3. The molecular formula is C33H34F5N7O6. The quantitative estimate of drug-likeness (QED) is 0.140. The SMILES string of the molecule is COCc1c(-c2ccc(NC(=O)Nc3cc(C(F)(F)F)ccc3F)c(F)c2)c2c(N)nncn2c1C1CCN(C(=O)OC(C)(C)C(=O)OC)CC1. The third kappa shape index (κ3) is 7.64. The van der Waals surface area contributed by atoms with Crippen molar-refractivity contribution in [3.05, 3.63) is 71.2 Å². The predicted octanol–water partition coefficient (Wildman–Crippen LogP) is 6.33. The van der Waals surface area contributed by atoms with Crippen LogP contribution < -0.4 is 16.4 Å². The minimum Gasteiger partial charge on any atom is -0.466 e. The number of nitrogen functional groups attached to an aromatic ring is 1. The summed E-state index contributed by atoms with van der Waals surface area (Å²) in [6, 6.07) is 4.18. The van der Waals surface area contributed by atoms with Crippen molar-refractivity contribution < 1.29 is 50.5 Å². The number of amides is 3. The minimum absolute atomic E-state index is 0.0345. The first-order valence-electron chi connectivity index (χ1n) is 15.5. The summed E-state index contributed by atoms with van der Waals surface area (Å²) in [5.74, 6) is -2.87. The maximum atomic E-state index is 15.6. The molecule has 0 radical (unpaired) electrons. The summed E-state index contributed by atoms with van der Waals surface area (Å²) in [6.45, 7) is 3.49. The number of likely N-dealkylation sites (tertiary alicyclic amines) is 1. The molecule has 4 N–H and O–H groups in total. The number of rotatable bonds is 8. The maximum Gasteiger partial charge on any atom is 0.416 e. The van der Waals surface area contributed by atoms with Crippen LogP contribution in [-0.4, -0.2) is 70.5 Å². The van der Waals surface area contributed by atoms with Crippen molar-refractivity contribution in [3.8, 4) is 11.1 Å². The maximum absolute atomic E-state index is 15.6. The first-order valence-corrected chi connectivity index (χ1v) is 15.5. The number of carbonyl (C=O) groups is 3. The van der Waals surface area contributed by atoms with Crippen molar-refractivity contribution in [1.29, 1.82) is 0 Å². The zero-order valence-electron chi connectivity index (χ0n) is 27.9. The summed E-state index contributed by atoms with van der Waals surface area (Å²) in [4.78, 5) is 39.0. The lowest BCUT2D eigenvalue weighted by Crippen LogP contribution is -2.45. The number of piperidine rings is 1. The average molecular weight is 720 g/mol. The molecule has 3 heterocycles. The summed E-state index contributed by atoms with van der Waals surface area (Å²) in [5, 5.41) is 12.2. The van der Waals surface area contributed by atoms with Crippen LogP contribution in [-0.2, 0) is 31.8 Å². The molecule has 1 fully saturated rings. The van der Waals surface area contributed by atoms with E-state index in [1.165, 1.54) is 51.4 Å². The smallest absolute Gasteiger partial charge is 0.416 e. The van der Waals surface area contributed by atoms with Crippen LogP contribution in [0.5, 0.6) is 0 Å². The fraction of sp³-hybridized carbons (Fsp3) is 0.364. The summed E-state index contributed by atoms with van der Waals surface area (Å²) >= 11 is 0. The molecule has 0 atom stereocenters. The monoisotopic (exact) mass is 719 g/mol. The minimum atomic E-state index is -4.78. The molecule has 4 aromatic rings. The zero-order valence-corrected chi connectivity index (χ0v) is 27.9. The van der Waals surface area contributed by atoms with E-state index < -0.39 is 52.8 Å². The lowest BCUT2D eigenvalue weighted by molar-refractivity contribution is -0.159. The van der Waals surface area contributed by atoms with Gasteiger partial charge in [-0.25, -0.2) is 23.2 Å². The van der Waals surface area contributed by atoms with Gasteiger partial charge in [-0.05, 0) is 62.6 Å². The Morgan fingerprint density at radius 1 is 0.980 bits per heavy atom. The Morgan fingerprint density at radius 3 is 2.29 bits per heavy atom. The van der Waals surface area contributed by atoms with Crippen LogP contribution in [0.2, 0.25) is 0 Å². The highest BCUT2D eigenvalue weighted by Gasteiger charge is 2.37. The molecule has 0 unspecified atom stereocenters. The Labute approximate surface area is 287 Å². The van der Waals surface area contributed by atoms with Gasteiger partial charge in [-0.2, -0.15) is 13.2 Å². The molecule has 13 nitrogen and oxygen atoms in total. The Kier molecular flexibility index (Phi) is 10.4. The Morgan fingerprint density at radius 2 is 1.67 bits per heavy atom. The highest BCUT2D eigenvalue weighted by atomic mass is 19.4. The van der Waals surface area contributed by atoms with E-state index in [-0.39, 0.29) is 37.1 Å². The van der Waals surface area contributed by atoms with Crippen molar-refractivity contribution in [2.75, 3.05) is 43.7 Å². The van der Waals surface area contributed by atoms with Gasteiger partial charge in [-0.1, -0.05) is 6.07 Å². The number of hydrogen-bond acceptors (Lipinski definition) is 9. The molecule has 1 aliphatic heterocycles. The normalized spacial score (nSPS) is 14.0. The number of methoxy groups -OCH3 is 2. The number of carbonyl (C=O) groups excluding carboxylic acids is 3.